The van der Waals surface area contributed by atoms with Gasteiger partial charge in [0.15, 0.2) is 5.69 Å². The Labute approximate surface area is 91.9 Å². The van der Waals surface area contributed by atoms with Crippen LogP contribution in [0.5, 0.6) is 0 Å². The number of hydrogen-bond donors (Lipinski definition) is 1. The molecule has 7 nitrogen and oxygen atoms in total. The zero-order chi connectivity index (χ0) is 11.5. The first-order valence-corrected chi connectivity index (χ1v) is 4.85. The van der Waals surface area contributed by atoms with Gasteiger partial charge >= 0.3 is 0 Å². The van der Waals surface area contributed by atoms with Gasteiger partial charge < -0.3 is 5.73 Å². The van der Waals surface area contributed by atoms with Crippen LogP contribution in [0.1, 0.15) is 16.2 Å². The van der Waals surface area contributed by atoms with Gasteiger partial charge in [-0.25, -0.2) is 0 Å². The van der Waals surface area contributed by atoms with Crippen molar-refractivity contribution in [3.63, 3.8) is 0 Å². The van der Waals surface area contributed by atoms with E-state index < -0.39 is 0 Å². The lowest BCUT2D eigenvalue weighted by Crippen LogP contribution is -2.10. The zero-order valence-electron chi connectivity index (χ0n) is 8.87. The van der Waals surface area contributed by atoms with E-state index in [9.17, 15) is 4.79 Å². The van der Waals surface area contributed by atoms with Gasteiger partial charge in [0.05, 0.1) is 12.7 Å². The van der Waals surface area contributed by atoms with Gasteiger partial charge in [0.25, 0.3) is 0 Å². The van der Waals surface area contributed by atoms with Gasteiger partial charge in [-0.15, -0.1) is 5.10 Å². The third-order valence-electron chi connectivity index (χ3n) is 2.18. The van der Waals surface area contributed by atoms with E-state index in [0.29, 0.717) is 24.5 Å². The average Bonchev–Trinajstić information content (AvgIpc) is 2.87. The molecule has 2 heterocycles. The smallest absolute Gasteiger partial charge is 0.232 e. The molecule has 84 valence electrons. The predicted molar refractivity (Wildman–Crippen MR) is 55.7 cm³/mol. The van der Waals surface area contributed by atoms with Crippen molar-refractivity contribution in [3.05, 3.63) is 29.8 Å². The van der Waals surface area contributed by atoms with Crippen LogP contribution in [0.15, 0.2) is 18.5 Å². The van der Waals surface area contributed by atoms with Gasteiger partial charge in [-0.05, 0) is 6.07 Å². The first kappa shape index (κ1) is 10.5. The Morgan fingerprint density at radius 2 is 2.38 bits per heavy atom. The van der Waals surface area contributed by atoms with E-state index in [0.717, 1.165) is 0 Å². The molecular weight excluding hydrogens is 208 g/mol. The van der Waals surface area contributed by atoms with E-state index in [1.54, 1.807) is 30.2 Å². The van der Waals surface area contributed by atoms with Crippen molar-refractivity contribution in [1.29, 1.82) is 0 Å². The maximum absolute atomic E-state index is 11.9. The number of carbonyl (C=O) groups is 1. The monoisotopic (exact) mass is 220 g/mol. The number of rotatable bonds is 4. The topological polar surface area (TPSA) is 91.6 Å². The van der Waals surface area contributed by atoms with Crippen LogP contribution in [0.4, 0.5) is 0 Å². The Morgan fingerprint density at radius 3 is 3.00 bits per heavy atom. The van der Waals surface area contributed by atoms with Crippen molar-refractivity contribution < 1.29 is 4.79 Å². The maximum atomic E-state index is 11.9. The highest BCUT2D eigenvalue weighted by molar-refractivity contribution is 6.06. The molecule has 7 heteroatoms. The largest absolute Gasteiger partial charge is 0.329 e. The Kier molecular flexibility index (Phi) is 2.78. The second-order valence-corrected chi connectivity index (χ2v) is 3.32. The quantitative estimate of drug-likeness (QED) is 0.681. The minimum absolute atomic E-state index is 0.191. The number of aromatic nitrogens is 5. The van der Waals surface area contributed by atoms with Crippen molar-refractivity contribution in [3.8, 4) is 0 Å². The minimum atomic E-state index is -0.191. The fraction of sp³-hybridized carbons (Fsp3) is 0.333. The Bertz CT molecular complexity index is 500. The predicted octanol–water partition coefficient (Wildman–Crippen LogP) is -0.799. The second-order valence-electron chi connectivity index (χ2n) is 3.32. The molecule has 2 aromatic rings. The van der Waals surface area contributed by atoms with Crippen molar-refractivity contribution in [2.24, 2.45) is 12.8 Å². The third kappa shape index (κ3) is 1.84. The first-order valence-electron chi connectivity index (χ1n) is 4.85. The molecule has 0 aliphatic heterocycles. The van der Waals surface area contributed by atoms with Crippen molar-refractivity contribution >= 4 is 5.78 Å². The molecule has 2 aromatic heterocycles. The number of aryl methyl sites for hydroxylation is 1. The Morgan fingerprint density at radius 1 is 1.56 bits per heavy atom. The molecule has 0 bridgehead atoms. The highest BCUT2D eigenvalue weighted by Gasteiger charge is 2.16. The minimum Gasteiger partial charge on any atom is -0.329 e. The Hall–Kier alpha value is -2.02. The standard InChI is InChI=1S/C9H12N6O/c1-14-8(2-4-11-14)9(16)7-6-15(5-3-10)13-12-7/h2,4,6H,3,5,10H2,1H3. The molecule has 0 spiro atoms. The van der Waals surface area contributed by atoms with E-state index in [1.807, 2.05) is 0 Å². The zero-order valence-corrected chi connectivity index (χ0v) is 8.87. The van der Waals surface area contributed by atoms with Crippen LogP contribution in [-0.4, -0.2) is 37.1 Å². The Balaban J connectivity index is 2.24. The van der Waals surface area contributed by atoms with Gasteiger partial charge in [0.2, 0.25) is 5.78 Å². The van der Waals surface area contributed by atoms with Crippen molar-refractivity contribution in [1.82, 2.24) is 24.8 Å². The van der Waals surface area contributed by atoms with Crippen LogP contribution in [0.25, 0.3) is 0 Å². The molecule has 0 saturated heterocycles. The van der Waals surface area contributed by atoms with Crippen LogP contribution in [0.3, 0.4) is 0 Å². The van der Waals surface area contributed by atoms with E-state index in [4.69, 9.17) is 5.73 Å². The fourth-order valence-electron chi connectivity index (χ4n) is 1.37. The molecule has 0 amide bonds. The summed E-state index contributed by atoms with van der Waals surface area (Å²) >= 11 is 0. The van der Waals surface area contributed by atoms with E-state index in [-0.39, 0.29) is 5.78 Å². The maximum Gasteiger partial charge on any atom is 0.232 e. The second kappa shape index (κ2) is 4.23. The summed E-state index contributed by atoms with van der Waals surface area (Å²) in [5, 5.41) is 11.5. The van der Waals surface area contributed by atoms with Crippen molar-refractivity contribution in [2.75, 3.05) is 6.54 Å². The normalized spacial score (nSPS) is 10.6. The first-order chi connectivity index (χ1) is 7.72. The molecular formula is C9H12N6O. The fourth-order valence-corrected chi connectivity index (χ4v) is 1.37. The lowest BCUT2D eigenvalue weighted by atomic mass is 10.2. The number of carbonyl (C=O) groups excluding carboxylic acids is 1. The molecule has 16 heavy (non-hydrogen) atoms. The van der Waals surface area contributed by atoms with Crippen molar-refractivity contribution in [2.45, 2.75) is 6.54 Å². The molecule has 2 N–H and O–H groups in total. The van der Waals surface area contributed by atoms with Crippen LogP contribution in [-0.2, 0) is 13.6 Å². The summed E-state index contributed by atoms with van der Waals surface area (Å²) in [7, 11) is 1.71. The van der Waals surface area contributed by atoms with Gasteiger partial charge in [-0.1, -0.05) is 5.21 Å². The van der Waals surface area contributed by atoms with E-state index in [1.165, 1.54) is 4.68 Å². The van der Waals surface area contributed by atoms with Gasteiger partial charge in [-0.2, -0.15) is 5.10 Å². The number of hydrogen-bond acceptors (Lipinski definition) is 5. The van der Waals surface area contributed by atoms with Crippen LogP contribution in [0, 0.1) is 0 Å². The number of nitrogens with zero attached hydrogens (tertiary/aromatic N) is 5. The summed E-state index contributed by atoms with van der Waals surface area (Å²) in [6, 6.07) is 1.64. The molecule has 0 fully saturated rings. The summed E-state index contributed by atoms with van der Waals surface area (Å²) in [4.78, 5) is 11.9. The average molecular weight is 220 g/mol. The molecule has 0 saturated carbocycles. The third-order valence-corrected chi connectivity index (χ3v) is 2.18. The number of ketones is 1. The van der Waals surface area contributed by atoms with Gasteiger partial charge in [0, 0.05) is 19.8 Å². The summed E-state index contributed by atoms with van der Waals surface area (Å²) in [6.07, 6.45) is 3.15. The van der Waals surface area contributed by atoms with Crippen LogP contribution in [0.2, 0.25) is 0 Å². The summed E-state index contributed by atoms with van der Waals surface area (Å²) in [5.41, 5.74) is 6.17. The molecule has 2 rings (SSSR count). The highest BCUT2D eigenvalue weighted by Crippen LogP contribution is 2.05. The lowest BCUT2D eigenvalue weighted by Gasteiger charge is -1.96. The number of nitrogens with two attached hydrogens (primary N) is 1. The van der Waals surface area contributed by atoms with E-state index >= 15 is 0 Å². The highest BCUT2D eigenvalue weighted by atomic mass is 16.1. The summed E-state index contributed by atoms with van der Waals surface area (Å²) < 4.78 is 3.05. The molecule has 0 radical (unpaired) electrons. The van der Waals surface area contributed by atoms with Crippen LogP contribution < -0.4 is 5.73 Å². The summed E-state index contributed by atoms with van der Waals surface area (Å²) in [6.45, 7) is 1.01. The molecule has 0 aromatic carbocycles. The molecule has 0 unspecified atom stereocenters. The molecule has 0 atom stereocenters. The summed E-state index contributed by atoms with van der Waals surface area (Å²) in [5.74, 6) is -0.191. The SMILES string of the molecule is Cn1nccc1C(=O)c1cn(CCN)nn1. The molecule has 0 aliphatic carbocycles. The van der Waals surface area contributed by atoms with Crippen LogP contribution >= 0.6 is 0 Å². The van der Waals surface area contributed by atoms with Gasteiger partial charge in [-0.3, -0.25) is 14.2 Å². The van der Waals surface area contributed by atoms with Gasteiger partial charge in [0.1, 0.15) is 5.69 Å². The molecule has 0 aliphatic rings. The van der Waals surface area contributed by atoms with E-state index in [2.05, 4.69) is 15.4 Å². The lowest BCUT2D eigenvalue weighted by molar-refractivity contribution is 0.102.